The third kappa shape index (κ3) is 3.38. The van der Waals surface area contributed by atoms with E-state index in [1.165, 1.54) is 25.5 Å². The van der Waals surface area contributed by atoms with Crippen LogP contribution in [0.5, 0.6) is 0 Å². The number of hydrogen-bond donors (Lipinski definition) is 2. The first-order chi connectivity index (χ1) is 9.56. The molecule has 0 fully saturated rings. The van der Waals surface area contributed by atoms with Crippen LogP contribution in [-0.2, 0) is 4.79 Å². The summed E-state index contributed by atoms with van der Waals surface area (Å²) in [6.07, 6.45) is 4.34. The van der Waals surface area contributed by atoms with Crippen molar-refractivity contribution in [3.8, 4) is 0 Å². The molecule has 0 saturated heterocycles. The second-order valence-electron chi connectivity index (χ2n) is 4.26. The van der Waals surface area contributed by atoms with E-state index in [-0.39, 0.29) is 17.5 Å². The van der Waals surface area contributed by atoms with Gasteiger partial charge in [-0.05, 0) is 24.6 Å². The average Bonchev–Trinajstić information content (AvgIpc) is 2.43. The fraction of sp³-hybridized carbons (Fsp3) is 0.143. The SMILES string of the molecule is CC(=O)Nc1cc(NC(=O)c2cnccn2)ccc1C. The van der Waals surface area contributed by atoms with Crippen molar-refractivity contribution in [3.05, 3.63) is 48.0 Å². The normalized spacial score (nSPS) is 9.90. The van der Waals surface area contributed by atoms with E-state index < -0.39 is 0 Å². The first-order valence-corrected chi connectivity index (χ1v) is 6.02. The summed E-state index contributed by atoms with van der Waals surface area (Å²) < 4.78 is 0. The number of aromatic nitrogens is 2. The maximum Gasteiger partial charge on any atom is 0.275 e. The van der Waals surface area contributed by atoms with Crippen molar-refractivity contribution < 1.29 is 9.59 Å². The minimum absolute atomic E-state index is 0.162. The Morgan fingerprint density at radius 3 is 2.60 bits per heavy atom. The van der Waals surface area contributed by atoms with Crippen molar-refractivity contribution in [2.24, 2.45) is 0 Å². The highest BCUT2D eigenvalue weighted by molar-refractivity contribution is 6.03. The van der Waals surface area contributed by atoms with E-state index in [1.807, 2.05) is 13.0 Å². The van der Waals surface area contributed by atoms with Crippen molar-refractivity contribution in [2.45, 2.75) is 13.8 Å². The molecule has 6 nitrogen and oxygen atoms in total. The van der Waals surface area contributed by atoms with E-state index in [9.17, 15) is 9.59 Å². The monoisotopic (exact) mass is 270 g/mol. The molecular weight excluding hydrogens is 256 g/mol. The first-order valence-electron chi connectivity index (χ1n) is 6.02. The quantitative estimate of drug-likeness (QED) is 0.893. The molecule has 2 N–H and O–H groups in total. The summed E-state index contributed by atoms with van der Waals surface area (Å²) in [5.74, 6) is -0.513. The second-order valence-corrected chi connectivity index (χ2v) is 4.26. The van der Waals surface area contributed by atoms with Crippen LogP contribution < -0.4 is 10.6 Å². The Morgan fingerprint density at radius 1 is 1.15 bits per heavy atom. The topological polar surface area (TPSA) is 84.0 Å². The molecule has 2 rings (SSSR count). The van der Waals surface area contributed by atoms with Gasteiger partial charge in [0.15, 0.2) is 0 Å². The van der Waals surface area contributed by atoms with Crippen LogP contribution in [0.2, 0.25) is 0 Å². The van der Waals surface area contributed by atoms with Crippen LogP contribution in [0.25, 0.3) is 0 Å². The molecule has 0 bridgehead atoms. The molecule has 1 aromatic heterocycles. The highest BCUT2D eigenvalue weighted by atomic mass is 16.2. The van der Waals surface area contributed by atoms with Gasteiger partial charge in [-0.15, -0.1) is 0 Å². The van der Waals surface area contributed by atoms with Gasteiger partial charge < -0.3 is 10.6 Å². The minimum atomic E-state index is -0.351. The smallest absolute Gasteiger partial charge is 0.275 e. The number of carbonyl (C=O) groups excluding carboxylic acids is 2. The Labute approximate surface area is 116 Å². The number of aryl methyl sites for hydroxylation is 1. The number of nitrogens with zero attached hydrogens (tertiary/aromatic N) is 2. The van der Waals surface area contributed by atoms with Crippen LogP contribution in [0.1, 0.15) is 23.0 Å². The molecule has 0 aliphatic carbocycles. The van der Waals surface area contributed by atoms with Gasteiger partial charge in [-0.25, -0.2) is 4.98 Å². The Kier molecular flexibility index (Phi) is 4.05. The summed E-state index contributed by atoms with van der Waals surface area (Å²) in [6.45, 7) is 3.31. The minimum Gasteiger partial charge on any atom is -0.326 e. The summed E-state index contributed by atoms with van der Waals surface area (Å²) in [6, 6.07) is 5.28. The van der Waals surface area contributed by atoms with Gasteiger partial charge in [0.05, 0.1) is 6.20 Å². The Bertz CT molecular complexity index is 641. The van der Waals surface area contributed by atoms with Crippen molar-refractivity contribution in [1.82, 2.24) is 9.97 Å². The molecule has 0 unspecified atom stereocenters. The molecule has 0 spiro atoms. The standard InChI is InChI=1S/C14H14N4O2/c1-9-3-4-11(7-12(9)17-10(2)19)18-14(20)13-8-15-5-6-16-13/h3-8H,1-2H3,(H,17,19)(H,18,20). The van der Waals surface area contributed by atoms with E-state index in [0.717, 1.165) is 5.56 Å². The Balaban J connectivity index is 2.18. The van der Waals surface area contributed by atoms with Gasteiger partial charge in [-0.2, -0.15) is 0 Å². The molecular formula is C14H14N4O2. The van der Waals surface area contributed by atoms with E-state index in [1.54, 1.807) is 12.1 Å². The van der Waals surface area contributed by atoms with Crippen molar-refractivity contribution in [1.29, 1.82) is 0 Å². The number of hydrogen-bond acceptors (Lipinski definition) is 4. The van der Waals surface area contributed by atoms with E-state index in [2.05, 4.69) is 20.6 Å². The van der Waals surface area contributed by atoms with Crippen LogP contribution in [0.15, 0.2) is 36.8 Å². The molecule has 102 valence electrons. The van der Waals surface area contributed by atoms with Gasteiger partial charge in [-0.3, -0.25) is 14.6 Å². The van der Waals surface area contributed by atoms with Crippen LogP contribution in [-0.4, -0.2) is 21.8 Å². The number of benzene rings is 1. The Morgan fingerprint density at radius 2 is 1.95 bits per heavy atom. The molecule has 0 atom stereocenters. The van der Waals surface area contributed by atoms with Gasteiger partial charge in [0.2, 0.25) is 5.91 Å². The fourth-order valence-corrected chi connectivity index (χ4v) is 1.64. The predicted molar refractivity (Wildman–Crippen MR) is 75.5 cm³/mol. The third-order valence-electron chi connectivity index (χ3n) is 2.60. The van der Waals surface area contributed by atoms with Gasteiger partial charge in [0, 0.05) is 30.7 Å². The van der Waals surface area contributed by atoms with Gasteiger partial charge >= 0.3 is 0 Å². The molecule has 20 heavy (non-hydrogen) atoms. The molecule has 0 radical (unpaired) electrons. The van der Waals surface area contributed by atoms with Crippen molar-refractivity contribution >= 4 is 23.2 Å². The second kappa shape index (κ2) is 5.92. The van der Waals surface area contributed by atoms with E-state index in [4.69, 9.17) is 0 Å². The zero-order chi connectivity index (χ0) is 14.5. The lowest BCUT2D eigenvalue weighted by Gasteiger charge is -2.10. The highest BCUT2D eigenvalue weighted by Crippen LogP contribution is 2.20. The van der Waals surface area contributed by atoms with Crippen molar-refractivity contribution in [2.75, 3.05) is 10.6 Å². The molecule has 2 aromatic rings. The number of nitrogens with one attached hydrogen (secondary N) is 2. The van der Waals surface area contributed by atoms with Crippen LogP contribution in [0.3, 0.4) is 0 Å². The van der Waals surface area contributed by atoms with Crippen LogP contribution in [0, 0.1) is 6.92 Å². The molecule has 0 saturated carbocycles. The predicted octanol–water partition coefficient (Wildman–Crippen LogP) is 2.00. The molecule has 0 aliphatic rings. The molecule has 1 aromatic carbocycles. The number of carbonyl (C=O) groups is 2. The highest BCUT2D eigenvalue weighted by Gasteiger charge is 2.09. The molecule has 0 aliphatic heterocycles. The van der Waals surface area contributed by atoms with Crippen LogP contribution >= 0.6 is 0 Å². The molecule has 1 heterocycles. The average molecular weight is 270 g/mol. The largest absolute Gasteiger partial charge is 0.326 e. The van der Waals surface area contributed by atoms with Gasteiger partial charge in [-0.1, -0.05) is 6.07 Å². The first kappa shape index (κ1) is 13.7. The van der Waals surface area contributed by atoms with Crippen molar-refractivity contribution in [3.63, 3.8) is 0 Å². The number of rotatable bonds is 3. The summed E-state index contributed by atoms with van der Waals surface area (Å²) in [5, 5.41) is 5.41. The maximum absolute atomic E-state index is 11.9. The number of amides is 2. The molecule has 2 amide bonds. The fourth-order valence-electron chi connectivity index (χ4n) is 1.64. The summed E-state index contributed by atoms with van der Waals surface area (Å²) in [7, 11) is 0. The summed E-state index contributed by atoms with van der Waals surface area (Å²) in [4.78, 5) is 30.8. The Hall–Kier alpha value is -2.76. The lowest BCUT2D eigenvalue weighted by molar-refractivity contribution is -0.114. The summed E-state index contributed by atoms with van der Waals surface area (Å²) in [5.41, 5.74) is 2.39. The lowest BCUT2D eigenvalue weighted by Crippen LogP contribution is -2.14. The van der Waals surface area contributed by atoms with Gasteiger partial charge in [0.25, 0.3) is 5.91 Å². The number of anilines is 2. The zero-order valence-corrected chi connectivity index (χ0v) is 11.2. The van der Waals surface area contributed by atoms with E-state index in [0.29, 0.717) is 11.4 Å². The zero-order valence-electron chi connectivity index (χ0n) is 11.2. The third-order valence-corrected chi connectivity index (χ3v) is 2.60. The van der Waals surface area contributed by atoms with E-state index >= 15 is 0 Å². The lowest BCUT2D eigenvalue weighted by atomic mass is 10.1. The molecule has 6 heteroatoms. The summed E-state index contributed by atoms with van der Waals surface area (Å²) >= 11 is 0. The maximum atomic E-state index is 11.9. The van der Waals surface area contributed by atoms with Crippen LogP contribution in [0.4, 0.5) is 11.4 Å². The van der Waals surface area contributed by atoms with Gasteiger partial charge in [0.1, 0.15) is 5.69 Å².